The Balaban J connectivity index is 1.78. The monoisotopic (exact) mass is 389 g/mol. The fourth-order valence-corrected chi connectivity index (χ4v) is 3.39. The normalized spacial score (nSPS) is 12.2. The third-order valence-corrected chi connectivity index (χ3v) is 5.05. The Morgan fingerprint density at radius 3 is 2.32 bits per heavy atom. The van der Waals surface area contributed by atoms with E-state index in [-0.39, 0.29) is 6.04 Å². The molecule has 3 aromatic carbocycles. The largest absolute Gasteiger partial charge is 0.306 e. The molecule has 0 aliphatic heterocycles. The predicted octanol–water partition coefficient (Wildman–Crippen LogP) is 7.16. The Bertz CT molecular complexity index is 877. The fourth-order valence-electron chi connectivity index (χ4n) is 2.73. The van der Waals surface area contributed by atoms with Gasteiger partial charge in [-0.05, 0) is 48.4 Å². The van der Waals surface area contributed by atoms with E-state index < -0.39 is 0 Å². The van der Waals surface area contributed by atoms with Crippen molar-refractivity contribution in [2.24, 2.45) is 0 Å². The fraction of sp³-hybridized carbons (Fsp3) is 0.143. The Morgan fingerprint density at radius 1 is 0.800 bits per heavy atom. The molecule has 4 heteroatoms. The maximum atomic E-state index is 6.39. The van der Waals surface area contributed by atoms with Gasteiger partial charge in [0.15, 0.2) is 0 Å². The van der Waals surface area contributed by atoms with Crippen molar-refractivity contribution in [3.63, 3.8) is 0 Å². The van der Waals surface area contributed by atoms with E-state index in [1.165, 1.54) is 0 Å². The second kappa shape index (κ2) is 8.25. The van der Waals surface area contributed by atoms with Gasteiger partial charge in [-0.2, -0.15) is 0 Å². The molecule has 1 atom stereocenters. The molecule has 0 saturated carbocycles. The minimum atomic E-state index is 0.193. The first-order chi connectivity index (χ1) is 12.0. The second-order valence-electron chi connectivity index (χ2n) is 5.95. The molecule has 0 aliphatic carbocycles. The van der Waals surface area contributed by atoms with Gasteiger partial charge in [-0.15, -0.1) is 0 Å². The lowest BCUT2D eigenvalue weighted by Gasteiger charge is -2.16. The van der Waals surface area contributed by atoms with Crippen LogP contribution in [0.5, 0.6) is 0 Å². The molecule has 0 fully saturated rings. The van der Waals surface area contributed by atoms with Crippen molar-refractivity contribution in [1.82, 2.24) is 5.32 Å². The summed E-state index contributed by atoms with van der Waals surface area (Å²) in [6, 6.07) is 21.9. The summed E-state index contributed by atoms with van der Waals surface area (Å²) in [6.07, 6.45) is 0. The third kappa shape index (κ3) is 4.56. The van der Waals surface area contributed by atoms with Crippen LogP contribution in [0.3, 0.4) is 0 Å². The lowest BCUT2D eigenvalue weighted by atomic mass is 10.0. The van der Waals surface area contributed by atoms with Gasteiger partial charge in [-0.25, -0.2) is 0 Å². The molecule has 1 nitrogen and oxygen atoms in total. The lowest BCUT2D eigenvalue weighted by Crippen LogP contribution is -2.18. The van der Waals surface area contributed by atoms with Gasteiger partial charge in [0.25, 0.3) is 0 Å². The van der Waals surface area contributed by atoms with E-state index in [1.807, 2.05) is 54.6 Å². The number of benzene rings is 3. The van der Waals surface area contributed by atoms with Crippen LogP contribution in [0, 0.1) is 0 Å². The maximum Gasteiger partial charge on any atom is 0.0485 e. The number of hydrogen-bond acceptors (Lipinski definition) is 1. The van der Waals surface area contributed by atoms with Crippen LogP contribution >= 0.6 is 34.8 Å². The Hall–Kier alpha value is -1.51. The molecule has 1 N–H and O–H groups in total. The van der Waals surface area contributed by atoms with Crippen molar-refractivity contribution in [2.45, 2.75) is 19.5 Å². The summed E-state index contributed by atoms with van der Waals surface area (Å²) < 4.78 is 0. The van der Waals surface area contributed by atoms with E-state index in [1.54, 1.807) is 0 Å². The van der Waals surface area contributed by atoms with Gasteiger partial charge in [0.2, 0.25) is 0 Å². The van der Waals surface area contributed by atoms with Crippen LogP contribution < -0.4 is 5.32 Å². The number of hydrogen-bond donors (Lipinski definition) is 1. The summed E-state index contributed by atoms with van der Waals surface area (Å²) in [4.78, 5) is 0. The van der Waals surface area contributed by atoms with Gasteiger partial charge < -0.3 is 5.32 Å². The van der Waals surface area contributed by atoms with E-state index in [9.17, 15) is 0 Å². The van der Waals surface area contributed by atoms with Crippen LogP contribution in [-0.2, 0) is 6.54 Å². The lowest BCUT2D eigenvalue weighted by molar-refractivity contribution is 0.575. The molecule has 0 bridgehead atoms. The van der Waals surface area contributed by atoms with Crippen LogP contribution in [-0.4, -0.2) is 0 Å². The molecule has 0 aromatic heterocycles. The van der Waals surface area contributed by atoms with Crippen molar-refractivity contribution in [3.8, 4) is 11.1 Å². The quantitative estimate of drug-likeness (QED) is 0.487. The van der Waals surface area contributed by atoms with Gasteiger partial charge in [-0.3, -0.25) is 0 Å². The zero-order valence-electron chi connectivity index (χ0n) is 13.8. The SMILES string of the molecule is C[C@@H](NCc1ccc(Cl)c(-c2ccccc2Cl)c1)c1cccc(Cl)c1. The topological polar surface area (TPSA) is 12.0 Å². The van der Waals surface area contributed by atoms with Crippen molar-refractivity contribution in [1.29, 1.82) is 0 Å². The first-order valence-corrected chi connectivity index (χ1v) is 9.20. The summed E-state index contributed by atoms with van der Waals surface area (Å²) in [5.41, 5.74) is 4.20. The van der Waals surface area contributed by atoms with Gasteiger partial charge in [0.1, 0.15) is 0 Å². The highest BCUT2D eigenvalue weighted by Crippen LogP contribution is 2.33. The molecule has 0 aliphatic rings. The molecule has 128 valence electrons. The van der Waals surface area contributed by atoms with E-state index in [0.29, 0.717) is 10.0 Å². The molecule has 0 spiro atoms. The number of halogens is 3. The van der Waals surface area contributed by atoms with Crippen molar-refractivity contribution in [2.75, 3.05) is 0 Å². The van der Waals surface area contributed by atoms with E-state index >= 15 is 0 Å². The van der Waals surface area contributed by atoms with Crippen LogP contribution in [0.4, 0.5) is 0 Å². The number of rotatable bonds is 5. The van der Waals surface area contributed by atoms with Gasteiger partial charge in [0.05, 0.1) is 0 Å². The van der Waals surface area contributed by atoms with E-state index in [0.717, 1.165) is 33.8 Å². The average molecular weight is 391 g/mol. The maximum absolute atomic E-state index is 6.39. The molecular weight excluding hydrogens is 373 g/mol. The van der Waals surface area contributed by atoms with Gasteiger partial charge in [-0.1, -0.05) is 71.2 Å². The molecular formula is C21H18Cl3N. The highest BCUT2D eigenvalue weighted by molar-refractivity contribution is 6.36. The highest BCUT2D eigenvalue weighted by Gasteiger charge is 2.10. The van der Waals surface area contributed by atoms with Crippen LogP contribution in [0.1, 0.15) is 24.1 Å². The summed E-state index contributed by atoms with van der Waals surface area (Å²) in [7, 11) is 0. The van der Waals surface area contributed by atoms with E-state index in [2.05, 4.69) is 24.4 Å². The second-order valence-corrected chi connectivity index (χ2v) is 7.20. The summed E-state index contributed by atoms with van der Waals surface area (Å²) in [5, 5.41) is 5.66. The smallest absolute Gasteiger partial charge is 0.0485 e. The minimum Gasteiger partial charge on any atom is -0.306 e. The van der Waals surface area contributed by atoms with E-state index in [4.69, 9.17) is 34.8 Å². The molecule has 0 heterocycles. The summed E-state index contributed by atoms with van der Waals surface area (Å²) >= 11 is 18.8. The molecule has 0 unspecified atom stereocenters. The van der Waals surface area contributed by atoms with Crippen molar-refractivity contribution >= 4 is 34.8 Å². The Labute approximate surface area is 163 Å². The van der Waals surface area contributed by atoms with Crippen LogP contribution in [0.2, 0.25) is 15.1 Å². The third-order valence-electron chi connectivity index (χ3n) is 4.16. The molecule has 25 heavy (non-hydrogen) atoms. The summed E-state index contributed by atoms with van der Waals surface area (Å²) in [5.74, 6) is 0. The Kier molecular flexibility index (Phi) is 6.03. The average Bonchev–Trinajstić information content (AvgIpc) is 2.61. The predicted molar refractivity (Wildman–Crippen MR) is 109 cm³/mol. The first kappa shape index (κ1) is 18.3. The zero-order chi connectivity index (χ0) is 17.8. The van der Waals surface area contributed by atoms with Crippen LogP contribution in [0.25, 0.3) is 11.1 Å². The molecule has 0 radical (unpaired) electrons. The number of nitrogens with one attached hydrogen (secondary N) is 1. The molecule has 0 amide bonds. The van der Waals surface area contributed by atoms with Gasteiger partial charge >= 0.3 is 0 Å². The highest BCUT2D eigenvalue weighted by atomic mass is 35.5. The first-order valence-electron chi connectivity index (χ1n) is 8.07. The van der Waals surface area contributed by atoms with Crippen molar-refractivity contribution < 1.29 is 0 Å². The standard InChI is InChI=1S/C21H18Cl3N/c1-14(16-5-4-6-17(22)12-16)25-13-15-9-10-21(24)19(11-15)18-7-2-3-8-20(18)23/h2-12,14,25H,13H2,1H3/t14-/m1/s1. The summed E-state index contributed by atoms with van der Waals surface area (Å²) in [6.45, 7) is 2.85. The van der Waals surface area contributed by atoms with Crippen molar-refractivity contribution in [3.05, 3.63) is 92.9 Å². The molecule has 3 rings (SSSR count). The molecule has 3 aromatic rings. The zero-order valence-corrected chi connectivity index (χ0v) is 16.0. The molecule has 0 saturated heterocycles. The Morgan fingerprint density at radius 2 is 1.56 bits per heavy atom. The van der Waals surface area contributed by atoms with Gasteiger partial charge in [0, 0.05) is 38.8 Å². The van der Waals surface area contributed by atoms with Crippen LogP contribution in [0.15, 0.2) is 66.7 Å². The minimum absolute atomic E-state index is 0.193.